The molecule has 0 radical (unpaired) electrons. The van der Waals surface area contributed by atoms with E-state index in [1.54, 1.807) is 13.0 Å². The summed E-state index contributed by atoms with van der Waals surface area (Å²) in [6.45, 7) is 7.69. The molecule has 0 saturated heterocycles. The molecule has 3 heteroatoms. The zero-order valence-corrected chi connectivity index (χ0v) is 9.66. The van der Waals surface area contributed by atoms with Crippen LogP contribution in [-0.4, -0.2) is 19.2 Å². The standard InChI is InChI=1S/C13H16O3/c1-4-11-6-7-12(10(3)8-11)16-9-13(14)15-5-2/h4,6-8H,1,5,9H2,2-3H3. The Morgan fingerprint density at radius 3 is 2.81 bits per heavy atom. The van der Waals surface area contributed by atoms with E-state index in [9.17, 15) is 4.79 Å². The van der Waals surface area contributed by atoms with Crippen molar-refractivity contribution in [2.45, 2.75) is 13.8 Å². The lowest BCUT2D eigenvalue weighted by molar-refractivity contribution is -0.145. The summed E-state index contributed by atoms with van der Waals surface area (Å²) in [5.74, 6) is 0.341. The van der Waals surface area contributed by atoms with Gasteiger partial charge in [0.2, 0.25) is 0 Å². The number of benzene rings is 1. The highest BCUT2D eigenvalue weighted by Crippen LogP contribution is 2.19. The fourth-order valence-corrected chi connectivity index (χ4v) is 1.30. The minimum atomic E-state index is -0.352. The normalized spacial score (nSPS) is 9.62. The smallest absolute Gasteiger partial charge is 0.344 e. The van der Waals surface area contributed by atoms with Gasteiger partial charge >= 0.3 is 5.97 Å². The third-order valence-electron chi connectivity index (χ3n) is 2.09. The summed E-state index contributed by atoms with van der Waals surface area (Å²) in [6, 6.07) is 5.67. The van der Waals surface area contributed by atoms with Gasteiger partial charge in [0, 0.05) is 0 Å². The van der Waals surface area contributed by atoms with Gasteiger partial charge in [-0.15, -0.1) is 0 Å². The number of carbonyl (C=O) groups excluding carboxylic acids is 1. The molecular formula is C13H16O3. The van der Waals surface area contributed by atoms with Crippen LogP contribution in [0.3, 0.4) is 0 Å². The zero-order valence-electron chi connectivity index (χ0n) is 9.66. The molecule has 0 saturated carbocycles. The SMILES string of the molecule is C=Cc1ccc(OCC(=O)OCC)c(C)c1. The lowest BCUT2D eigenvalue weighted by Gasteiger charge is -2.08. The zero-order chi connectivity index (χ0) is 12.0. The minimum Gasteiger partial charge on any atom is -0.482 e. The maximum atomic E-state index is 11.1. The maximum absolute atomic E-state index is 11.1. The van der Waals surface area contributed by atoms with E-state index in [2.05, 4.69) is 6.58 Å². The Morgan fingerprint density at radius 2 is 2.25 bits per heavy atom. The molecule has 0 N–H and O–H groups in total. The second-order valence-electron chi connectivity index (χ2n) is 3.32. The summed E-state index contributed by atoms with van der Waals surface area (Å²) < 4.78 is 10.1. The van der Waals surface area contributed by atoms with E-state index in [0.29, 0.717) is 12.4 Å². The maximum Gasteiger partial charge on any atom is 0.344 e. The lowest BCUT2D eigenvalue weighted by Crippen LogP contribution is -2.14. The lowest BCUT2D eigenvalue weighted by atomic mass is 10.1. The van der Waals surface area contributed by atoms with Crippen molar-refractivity contribution >= 4 is 12.0 Å². The molecule has 86 valence electrons. The van der Waals surface area contributed by atoms with Crippen molar-refractivity contribution in [3.8, 4) is 5.75 Å². The van der Waals surface area contributed by atoms with E-state index in [4.69, 9.17) is 9.47 Å². The van der Waals surface area contributed by atoms with Gasteiger partial charge in [0.05, 0.1) is 6.61 Å². The first-order chi connectivity index (χ1) is 7.67. The second kappa shape index (κ2) is 5.95. The molecule has 0 amide bonds. The summed E-state index contributed by atoms with van der Waals surface area (Å²) in [4.78, 5) is 11.1. The Balaban J connectivity index is 2.60. The van der Waals surface area contributed by atoms with Gasteiger partial charge in [0.15, 0.2) is 6.61 Å². The number of hydrogen-bond acceptors (Lipinski definition) is 3. The third-order valence-corrected chi connectivity index (χ3v) is 2.09. The van der Waals surface area contributed by atoms with Crippen LogP contribution in [0.4, 0.5) is 0 Å². The molecule has 1 aromatic rings. The first-order valence-corrected chi connectivity index (χ1v) is 5.19. The van der Waals surface area contributed by atoms with E-state index < -0.39 is 0 Å². The first kappa shape index (κ1) is 12.3. The van der Waals surface area contributed by atoms with Crippen molar-refractivity contribution in [2.24, 2.45) is 0 Å². The number of aryl methyl sites for hydroxylation is 1. The van der Waals surface area contributed by atoms with Crippen molar-refractivity contribution < 1.29 is 14.3 Å². The van der Waals surface area contributed by atoms with Crippen LogP contribution < -0.4 is 4.74 Å². The quantitative estimate of drug-likeness (QED) is 0.715. The molecular weight excluding hydrogens is 204 g/mol. The second-order valence-corrected chi connectivity index (χ2v) is 3.32. The molecule has 0 unspecified atom stereocenters. The van der Waals surface area contributed by atoms with Crippen LogP contribution in [0.2, 0.25) is 0 Å². The number of carbonyl (C=O) groups is 1. The van der Waals surface area contributed by atoms with Crippen LogP contribution in [0.25, 0.3) is 6.08 Å². The van der Waals surface area contributed by atoms with Gasteiger partial charge in [0.25, 0.3) is 0 Å². The largest absolute Gasteiger partial charge is 0.482 e. The van der Waals surface area contributed by atoms with Crippen molar-refractivity contribution in [3.05, 3.63) is 35.9 Å². The molecule has 0 bridgehead atoms. The van der Waals surface area contributed by atoms with Crippen molar-refractivity contribution in [2.75, 3.05) is 13.2 Å². The molecule has 1 aromatic carbocycles. The highest BCUT2D eigenvalue weighted by Gasteiger charge is 2.05. The molecule has 1 rings (SSSR count). The van der Waals surface area contributed by atoms with Crippen LogP contribution in [0.5, 0.6) is 5.75 Å². The van der Waals surface area contributed by atoms with E-state index in [-0.39, 0.29) is 12.6 Å². The summed E-state index contributed by atoms with van der Waals surface area (Å²) >= 11 is 0. The van der Waals surface area contributed by atoms with Gasteiger partial charge in [-0.25, -0.2) is 4.79 Å². The molecule has 0 aliphatic heterocycles. The number of rotatable bonds is 5. The average molecular weight is 220 g/mol. The van der Waals surface area contributed by atoms with Gasteiger partial charge in [-0.3, -0.25) is 0 Å². The molecule has 0 fully saturated rings. The van der Waals surface area contributed by atoms with Crippen molar-refractivity contribution in [3.63, 3.8) is 0 Å². The predicted octanol–water partition coefficient (Wildman–Crippen LogP) is 2.58. The number of hydrogen-bond donors (Lipinski definition) is 0. The molecule has 0 aliphatic carbocycles. The van der Waals surface area contributed by atoms with Crippen LogP contribution in [0.15, 0.2) is 24.8 Å². The third kappa shape index (κ3) is 3.42. The first-order valence-electron chi connectivity index (χ1n) is 5.19. The minimum absolute atomic E-state index is 0.0535. The molecule has 0 aliphatic rings. The van der Waals surface area contributed by atoms with E-state index >= 15 is 0 Å². The van der Waals surface area contributed by atoms with Gasteiger partial charge in [0.1, 0.15) is 5.75 Å². The number of esters is 1. The van der Waals surface area contributed by atoms with Crippen LogP contribution >= 0.6 is 0 Å². The molecule has 0 heterocycles. The topological polar surface area (TPSA) is 35.5 Å². The van der Waals surface area contributed by atoms with Gasteiger partial charge in [-0.1, -0.05) is 18.7 Å². The predicted molar refractivity (Wildman–Crippen MR) is 63.4 cm³/mol. The van der Waals surface area contributed by atoms with E-state index in [1.165, 1.54) is 0 Å². The van der Waals surface area contributed by atoms with Gasteiger partial charge in [-0.05, 0) is 37.1 Å². The van der Waals surface area contributed by atoms with Gasteiger partial charge < -0.3 is 9.47 Å². The Kier molecular flexibility index (Phi) is 4.58. The fourth-order valence-electron chi connectivity index (χ4n) is 1.30. The molecule has 16 heavy (non-hydrogen) atoms. The van der Waals surface area contributed by atoms with Crippen LogP contribution in [0, 0.1) is 6.92 Å². The van der Waals surface area contributed by atoms with Crippen LogP contribution in [-0.2, 0) is 9.53 Å². The Bertz CT molecular complexity index is 383. The Labute approximate surface area is 95.7 Å². The van der Waals surface area contributed by atoms with Crippen LogP contribution in [0.1, 0.15) is 18.1 Å². The molecule has 0 atom stereocenters. The fraction of sp³-hybridized carbons (Fsp3) is 0.308. The van der Waals surface area contributed by atoms with E-state index in [0.717, 1.165) is 11.1 Å². The molecule has 0 spiro atoms. The van der Waals surface area contributed by atoms with Crippen molar-refractivity contribution in [1.82, 2.24) is 0 Å². The monoisotopic (exact) mass is 220 g/mol. The summed E-state index contributed by atoms with van der Waals surface area (Å²) in [5.41, 5.74) is 2.00. The molecule has 0 aromatic heterocycles. The Hall–Kier alpha value is -1.77. The average Bonchev–Trinajstić information content (AvgIpc) is 2.27. The molecule has 3 nitrogen and oxygen atoms in total. The summed E-state index contributed by atoms with van der Waals surface area (Å²) in [5, 5.41) is 0. The highest BCUT2D eigenvalue weighted by atomic mass is 16.6. The van der Waals surface area contributed by atoms with Gasteiger partial charge in [-0.2, -0.15) is 0 Å². The summed E-state index contributed by atoms with van der Waals surface area (Å²) in [7, 11) is 0. The highest BCUT2D eigenvalue weighted by molar-refractivity contribution is 5.71. The van der Waals surface area contributed by atoms with E-state index in [1.807, 2.05) is 25.1 Å². The number of ether oxygens (including phenoxy) is 2. The summed E-state index contributed by atoms with van der Waals surface area (Å²) in [6.07, 6.45) is 1.77. The van der Waals surface area contributed by atoms with Crippen molar-refractivity contribution in [1.29, 1.82) is 0 Å². The Morgan fingerprint density at radius 1 is 1.50 bits per heavy atom.